The molecule has 3 rings (SSSR count). The molecule has 0 atom stereocenters. The summed E-state index contributed by atoms with van der Waals surface area (Å²) in [5.41, 5.74) is 8.41. The molecule has 9 heteroatoms. The summed E-state index contributed by atoms with van der Waals surface area (Å²) in [6.45, 7) is 0. The average molecular weight is 451 g/mol. The number of halogens is 1. The Bertz CT molecular complexity index is 765. The van der Waals surface area contributed by atoms with Gasteiger partial charge < -0.3 is 16.0 Å². The first-order chi connectivity index (χ1) is 14.1. The molecule has 2 aliphatic rings. The van der Waals surface area contributed by atoms with E-state index in [1.165, 1.54) is 18.4 Å². The van der Waals surface area contributed by atoms with Gasteiger partial charge in [-0.05, 0) is 31.6 Å². The Labute approximate surface area is 192 Å². The summed E-state index contributed by atoms with van der Waals surface area (Å²) in [6, 6.07) is 0. The van der Waals surface area contributed by atoms with Gasteiger partial charge in [0.25, 0.3) is 0 Å². The normalized spacial score (nSPS) is 13.5. The Morgan fingerprint density at radius 2 is 1.55 bits per heavy atom. The van der Waals surface area contributed by atoms with Crippen LogP contribution in [0.3, 0.4) is 0 Å². The predicted octanol–water partition coefficient (Wildman–Crippen LogP) is 3.13. The fourth-order valence-electron chi connectivity index (χ4n) is 2.33. The van der Waals surface area contributed by atoms with Gasteiger partial charge in [-0.15, -0.1) is 12.4 Å². The largest absolute Gasteiger partial charge is 0.486 e. The minimum Gasteiger partial charge on any atom is -0.486 e. The fourth-order valence-corrected chi connectivity index (χ4v) is 2.33. The maximum Gasteiger partial charge on any atom is 0.177 e. The van der Waals surface area contributed by atoms with E-state index in [9.17, 15) is 4.79 Å². The standard InChI is InChI=1S/C10H21N3.C8H8N2O.C4H7N2.ClH/c1-11(2)7-10(8-12(3)4)9-13(5)6;11-5-6-3-9-8(10-4-6)7-1-2-7;5-4(6)3-1-2-3;/h7-9H,1-6H3;3-5,7H,1-2H2;3H,1-2H2,(H2-,5,6);1H/q+2;;-1;. The van der Waals surface area contributed by atoms with Gasteiger partial charge >= 0.3 is 0 Å². The molecule has 0 bridgehead atoms. The molecule has 1 aromatic heterocycles. The Balaban J connectivity index is 0.000000452. The van der Waals surface area contributed by atoms with E-state index in [1.54, 1.807) is 12.4 Å². The van der Waals surface area contributed by atoms with Crippen molar-refractivity contribution in [1.82, 2.24) is 14.9 Å². The number of carbonyl (C=O) groups excluding carboxylic acids is 1. The number of amidine groups is 1. The van der Waals surface area contributed by atoms with E-state index < -0.39 is 0 Å². The first-order valence-electron chi connectivity index (χ1n) is 10.1. The van der Waals surface area contributed by atoms with Gasteiger partial charge in [0.05, 0.1) is 5.56 Å². The number of carbonyl (C=O) groups is 1. The molecule has 2 saturated carbocycles. The zero-order chi connectivity index (χ0) is 22.7. The Kier molecular flexibility index (Phi) is 13.2. The summed E-state index contributed by atoms with van der Waals surface area (Å²) >= 11 is 0. The second-order valence-corrected chi connectivity index (χ2v) is 8.23. The van der Waals surface area contributed by atoms with Gasteiger partial charge in [0, 0.05) is 38.6 Å². The zero-order valence-corrected chi connectivity index (χ0v) is 20.3. The molecule has 0 spiro atoms. The van der Waals surface area contributed by atoms with E-state index in [0.717, 1.165) is 25.0 Å². The molecule has 172 valence electrons. The highest BCUT2D eigenvalue weighted by atomic mass is 35.5. The van der Waals surface area contributed by atoms with E-state index in [2.05, 4.69) is 28.6 Å². The van der Waals surface area contributed by atoms with E-state index in [4.69, 9.17) is 11.1 Å². The molecule has 0 saturated heterocycles. The van der Waals surface area contributed by atoms with Crippen molar-refractivity contribution in [3.63, 3.8) is 0 Å². The van der Waals surface area contributed by atoms with Crippen LogP contribution in [0.1, 0.15) is 47.8 Å². The lowest BCUT2D eigenvalue weighted by molar-refractivity contribution is -0.462. The summed E-state index contributed by atoms with van der Waals surface area (Å²) in [7, 11) is 12.1. The third kappa shape index (κ3) is 14.1. The minimum atomic E-state index is 0. The summed E-state index contributed by atoms with van der Waals surface area (Å²) in [4.78, 5) is 20.4. The first kappa shape index (κ1) is 28.4. The van der Waals surface area contributed by atoms with Crippen LogP contribution in [-0.2, 0) is 0 Å². The van der Waals surface area contributed by atoms with Crippen molar-refractivity contribution < 1.29 is 13.9 Å². The van der Waals surface area contributed by atoms with Crippen LogP contribution < -0.4 is 0 Å². The monoisotopic (exact) mass is 450 g/mol. The molecule has 2 fully saturated rings. The highest BCUT2D eigenvalue weighted by Gasteiger charge is 2.25. The number of nitrogens with one attached hydrogen (secondary N) is 2. The number of aromatic nitrogens is 2. The van der Waals surface area contributed by atoms with Crippen molar-refractivity contribution in [2.24, 2.45) is 5.92 Å². The molecule has 31 heavy (non-hydrogen) atoms. The van der Waals surface area contributed by atoms with Crippen LogP contribution in [0, 0.1) is 11.3 Å². The highest BCUT2D eigenvalue weighted by Crippen LogP contribution is 2.37. The van der Waals surface area contributed by atoms with Crippen LogP contribution in [-0.4, -0.2) is 90.9 Å². The number of hydrogen-bond donors (Lipinski definition) is 1. The first-order valence-corrected chi connectivity index (χ1v) is 10.1. The third-order valence-corrected chi connectivity index (χ3v) is 3.98. The molecule has 0 amide bonds. The summed E-state index contributed by atoms with van der Waals surface area (Å²) < 4.78 is 4.07. The molecule has 2 aliphatic carbocycles. The summed E-state index contributed by atoms with van der Waals surface area (Å²) in [5, 5.41) is 6.68. The van der Waals surface area contributed by atoms with Gasteiger partial charge in [-0.25, -0.2) is 19.1 Å². The summed E-state index contributed by atoms with van der Waals surface area (Å²) in [6.07, 6.45) is 14.7. The van der Waals surface area contributed by atoms with Crippen LogP contribution in [0.2, 0.25) is 0 Å². The van der Waals surface area contributed by atoms with Crippen LogP contribution in [0.25, 0.3) is 5.73 Å². The molecule has 8 nitrogen and oxygen atoms in total. The van der Waals surface area contributed by atoms with E-state index >= 15 is 0 Å². The number of allylic oxidation sites excluding steroid dienone is 1. The summed E-state index contributed by atoms with van der Waals surface area (Å²) in [5.74, 6) is 1.92. The number of hydrogen-bond acceptors (Lipinski definition) is 5. The van der Waals surface area contributed by atoms with Crippen molar-refractivity contribution in [2.45, 2.75) is 31.6 Å². The molecule has 0 radical (unpaired) electrons. The topological polar surface area (TPSA) is 99.8 Å². The molecule has 0 aliphatic heterocycles. The average Bonchev–Trinajstić information content (AvgIpc) is 3.54. The lowest BCUT2D eigenvalue weighted by atomic mass is 10.3. The lowest BCUT2D eigenvalue weighted by Crippen LogP contribution is -2.11. The predicted molar refractivity (Wildman–Crippen MR) is 130 cm³/mol. The van der Waals surface area contributed by atoms with Crippen molar-refractivity contribution in [3.05, 3.63) is 41.3 Å². The SMILES string of the molecule is CN(C)C=C(C=[N+](C)C)C=[N+](C)C.Cl.N=C([NH-])C1CC1.O=Cc1cnc(C2CC2)nc1. The Hall–Kier alpha value is -2.61. The minimum absolute atomic E-state index is 0. The lowest BCUT2D eigenvalue weighted by Gasteiger charge is -2.03. The maximum atomic E-state index is 10.2. The van der Waals surface area contributed by atoms with Gasteiger partial charge in [0.15, 0.2) is 18.7 Å². The van der Waals surface area contributed by atoms with Gasteiger partial charge in [-0.3, -0.25) is 4.79 Å². The second kappa shape index (κ2) is 14.4. The molecule has 0 aromatic carbocycles. The smallest absolute Gasteiger partial charge is 0.177 e. The molecule has 1 aromatic rings. The Morgan fingerprint density at radius 3 is 1.81 bits per heavy atom. The van der Waals surface area contributed by atoms with Crippen LogP contribution in [0.5, 0.6) is 0 Å². The molecular formula is C22H37ClN7O+. The number of nitrogens with zero attached hydrogens (tertiary/aromatic N) is 5. The van der Waals surface area contributed by atoms with Crippen LogP contribution in [0.15, 0.2) is 24.2 Å². The third-order valence-electron chi connectivity index (χ3n) is 3.98. The second-order valence-electron chi connectivity index (χ2n) is 8.23. The number of rotatable bonds is 6. The highest BCUT2D eigenvalue weighted by molar-refractivity contribution is 6.00. The quantitative estimate of drug-likeness (QED) is 0.311. The van der Waals surface area contributed by atoms with Crippen LogP contribution in [0.4, 0.5) is 0 Å². The van der Waals surface area contributed by atoms with Gasteiger partial charge in [-0.2, -0.15) is 0 Å². The maximum absolute atomic E-state index is 10.2. The van der Waals surface area contributed by atoms with Crippen molar-refractivity contribution in [2.75, 3.05) is 42.3 Å². The van der Waals surface area contributed by atoms with Crippen molar-refractivity contribution in [1.29, 1.82) is 5.41 Å². The van der Waals surface area contributed by atoms with E-state index in [-0.39, 0.29) is 18.2 Å². The zero-order valence-electron chi connectivity index (χ0n) is 19.5. The van der Waals surface area contributed by atoms with E-state index in [0.29, 0.717) is 17.4 Å². The van der Waals surface area contributed by atoms with Crippen LogP contribution >= 0.6 is 12.4 Å². The molecule has 0 unspecified atom stereocenters. The molecule has 2 N–H and O–H groups in total. The fraction of sp³-hybridized carbons (Fsp3) is 0.545. The van der Waals surface area contributed by atoms with Gasteiger partial charge in [0.1, 0.15) is 39.6 Å². The van der Waals surface area contributed by atoms with E-state index in [1.807, 2.05) is 56.3 Å². The van der Waals surface area contributed by atoms with Gasteiger partial charge in [-0.1, -0.05) is 5.84 Å². The Morgan fingerprint density at radius 1 is 1.06 bits per heavy atom. The molecular weight excluding hydrogens is 414 g/mol. The number of aldehydes is 1. The van der Waals surface area contributed by atoms with Gasteiger partial charge in [0.2, 0.25) is 0 Å². The van der Waals surface area contributed by atoms with Crippen molar-refractivity contribution in [3.8, 4) is 0 Å². The van der Waals surface area contributed by atoms with Crippen molar-refractivity contribution >= 4 is 37.0 Å². The molecule has 1 heterocycles.